The summed E-state index contributed by atoms with van der Waals surface area (Å²) in [4.78, 5) is 9.90. The lowest BCUT2D eigenvalue weighted by atomic mass is 10.3. The molecule has 0 aromatic carbocycles. The van der Waals surface area contributed by atoms with Crippen molar-refractivity contribution in [2.75, 3.05) is 6.54 Å². The standard InChI is InChI=1S/C6H11NO2/c7-5-3-1-2-4-6(8)9/h1,3H,2,4-5,7H2,(H,8,9)/b3-1+. The van der Waals surface area contributed by atoms with Gasteiger partial charge in [-0.15, -0.1) is 0 Å². The molecule has 0 aliphatic heterocycles. The van der Waals surface area contributed by atoms with Crippen LogP contribution in [0.25, 0.3) is 0 Å². The van der Waals surface area contributed by atoms with Crippen LogP contribution in [0.5, 0.6) is 0 Å². The van der Waals surface area contributed by atoms with E-state index < -0.39 is 5.97 Å². The van der Waals surface area contributed by atoms with Crippen LogP contribution in [0.15, 0.2) is 12.2 Å². The number of nitrogens with two attached hydrogens (primary N) is 1. The Bertz CT molecular complexity index is 110. The van der Waals surface area contributed by atoms with E-state index in [0.29, 0.717) is 13.0 Å². The van der Waals surface area contributed by atoms with Crippen LogP contribution in [0.2, 0.25) is 0 Å². The summed E-state index contributed by atoms with van der Waals surface area (Å²) in [7, 11) is 0. The Labute approximate surface area is 54.2 Å². The van der Waals surface area contributed by atoms with Gasteiger partial charge in [-0.1, -0.05) is 12.2 Å². The minimum absolute atomic E-state index is 0.191. The van der Waals surface area contributed by atoms with Crippen molar-refractivity contribution in [3.8, 4) is 0 Å². The van der Waals surface area contributed by atoms with E-state index in [1.807, 2.05) is 0 Å². The summed E-state index contributed by atoms with van der Waals surface area (Å²) in [6.45, 7) is 0.486. The first-order valence-electron chi connectivity index (χ1n) is 2.84. The molecule has 0 aliphatic rings. The fourth-order valence-electron chi connectivity index (χ4n) is 0.421. The number of carboxylic acid groups (broad SMARTS) is 1. The number of hydrogen-bond donors (Lipinski definition) is 2. The van der Waals surface area contributed by atoms with Crippen molar-refractivity contribution < 1.29 is 9.90 Å². The van der Waals surface area contributed by atoms with Crippen molar-refractivity contribution in [2.24, 2.45) is 5.73 Å². The van der Waals surface area contributed by atoms with E-state index in [1.54, 1.807) is 12.2 Å². The summed E-state index contributed by atoms with van der Waals surface area (Å²) in [6, 6.07) is 0. The first-order valence-corrected chi connectivity index (χ1v) is 2.84. The van der Waals surface area contributed by atoms with Gasteiger partial charge in [0.15, 0.2) is 0 Å². The molecule has 0 bridgehead atoms. The van der Waals surface area contributed by atoms with Gasteiger partial charge in [-0.2, -0.15) is 0 Å². The summed E-state index contributed by atoms with van der Waals surface area (Å²) >= 11 is 0. The highest BCUT2D eigenvalue weighted by Crippen LogP contribution is 1.88. The zero-order chi connectivity index (χ0) is 7.11. The van der Waals surface area contributed by atoms with Crippen LogP contribution in [0.1, 0.15) is 12.8 Å². The van der Waals surface area contributed by atoms with Crippen molar-refractivity contribution >= 4 is 5.97 Å². The van der Waals surface area contributed by atoms with Crippen LogP contribution < -0.4 is 5.73 Å². The normalized spacial score (nSPS) is 10.3. The van der Waals surface area contributed by atoms with Gasteiger partial charge in [0.2, 0.25) is 0 Å². The molecule has 0 fully saturated rings. The maximum Gasteiger partial charge on any atom is 0.303 e. The van der Waals surface area contributed by atoms with Gasteiger partial charge < -0.3 is 10.8 Å². The van der Waals surface area contributed by atoms with E-state index in [9.17, 15) is 4.79 Å². The van der Waals surface area contributed by atoms with Gasteiger partial charge in [-0.05, 0) is 6.42 Å². The second-order valence-corrected chi connectivity index (χ2v) is 1.64. The molecular formula is C6H11NO2. The number of carboxylic acids is 1. The third-order valence-electron chi connectivity index (χ3n) is 0.828. The minimum Gasteiger partial charge on any atom is -0.481 e. The third kappa shape index (κ3) is 7.17. The highest BCUT2D eigenvalue weighted by molar-refractivity contribution is 5.66. The van der Waals surface area contributed by atoms with Crippen LogP contribution in [-0.2, 0) is 4.79 Å². The highest BCUT2D eigenvalue weighted by Gasteiger charge is 1.90. The monoisotopic (exact) mass is 129 g/mol. The molecule has 0 unspecified atom stereocenters. The molecule has 0 aromatic rings. The van der Waals surface area contributed by atoms with Gasteiger partial charge in [0.05, 0.1) is 0 Å². The van der Waals surface area contributed by atoms with Gasteiger partial charge in [-0.25, -0.2) is 0 Å². The Kier molecular flexibility index (Phi) is 4.82. The zero-order valence-corrected chi connectivity index (χ0v) is 5.21. The van der Waals surface area contributed by atoms with Gasteiger partial charge in [0.1, 0.15) is 0 Å². The van der Waals surface area contributed by atoms with E-state index in [4.69, 9.17) is 10.8 Å². The van der Waals surface area contributed by atoms with Crippen molar-refractivity contribution in [3.63, 3.8) is 0 Å². The predicted molar refractivity (Wildman–Crippen MR) is 35.1 cm³/mol. The lowest BCUT2D eigenvalue weighted by Crippen LogP contribution is -1.94. The summed E-state index contributed by atoms with van der Waals surface area (Å²) in [5.41, 5.74) is 5.11. The largest absolute Gasteiger partial charge is 0.481 e. The van der Waals surface area contributed by atoms with E-state index >= 15 is 0 Å². The van der Waals surface area contributed by atoms with Crippen LogP contribution in [0, 0.1) is 0 Å². The van der Waals surface area contributed by atoms with Gasteiger partial charge >= 0.3 is 5.97 Å². The van der Waals surface area contributed by atoms with Crippen molar-refractivity contribution in [2.45, 2.75) is 12.8 Å². The molecular weight excluding hydrogens is 118 g/mol. The van der Waals surface area contributed by atoms with Crippen LogP contribution in [0.3, 0.4) is 0 Å². The quantitative estimate of drug-likeness (QED) is 0.539. The summed E-state index contributed by atoms with van der Waals surface area (Å²) in [6.07, 6.45) is 4.29. The van der Waals surface area contributed by atoms with E-state index in [0.717, 1.165) is 0 Å². The SMILES string of the molecule is NC/C=C/CCC(=O)O. The highest BCUT2D eigenvalue weighted by atomic mass is 16.4. The molecule has 0 rings (SSSR count). The molecule has 0 spiro atoms. The fourth-order valence-corrected chi connectivity index (χ4v) is 0.421. The lowest BCUT2D eigenvalue weighted by Gasteiger charge is -1.85. The molecule has 0 atom stereocenters. The number of carbonyl (C=O) groups is 1. The lowest BCUT2D eigenvalue weighted by molar-refractivity contribution is -0.136. The van der Waals surface area contributed by atoms with E-state index in [-0.39, 0.29) is 6.42 Å². The average molecular weight is 129 g/mol. The van der Waals surface area contributed by atoms with Gasteiger partial charge in [0, 0.05) is 13.0 Å². The Morgan fingerprint density at radius 3 is 2.67 bits per heavy atom. The second-order valence-electron chi connectivity index (χ2n) is 1.64. The minimum atomic E-state index is -0.767. The number of aliphatic carboxylic acids is 1. The molecule has 3 N–H and O–H groups in total. The number of hydrogen-bond acceptors (Lipinski definition) is 2. The van der Waals surface area contributed by atoms with Crippen molar-refractivity contribution in [3.05, 3.63) is 12.2 Å². The first-order chi connectivity index (χ1) is 4.27. The second kappa shape index (κ2) is 5.31. The molecule has 0 amide bonds. The van der Waals surface area contributed by atoms with Gasteiger partial charge in [-0.3, -0.25) is 4.79 Å². The fraction of sp³-hybridized carbons (Fsp3) is 0.500. The maximum absolute atomic E-state index is 9.90. The predicted octanol–water partition coefficient (Wildman–Crippen LogP) is 0.366. The summed E-state index contributed by atoms with van der Waals surface area (Å²) in [5, 5.41) is 8.15. The topological polar surface area (TPSA) is 63.3 Å². The van der Waals surface area contributed by atoms with E-state index in [1.165, 1.54) is 0 Å². The number of rotatable bonds is 4. The average Bonchev–Trinajstić information content (AvgIpc) is 1.80. The van der Waals surface area contributed by atoms with E-state index in [2.05, 4.69) is 0 Å². The van der Waals surface area contributed by atoms with Crippen LogP contribution in [-0.4, -0.2) is 17.6 Å². The van der Waals surface area contributed by atoms with Crippen LogP contribution >= 0.6 is 0 Å². The molecule has 52 valence electrons. The smallest absolute Gasteiger partial charge is 0.303 e. The molecule has 9 heavy (non-hydrogen) atoms. The van der Waals surface area contributed by atoms with Crippen molar-refractivity contribution in [1.29, 1.82) is 0 Å². The Hall–Kier alpha value is -0.830. The molecule has 0 saturated carbocycles. The molecule has 0 radical (unpaired) electrons. The van der Waals surface area contributed by atoms with Crippen molar-refractivity contribution in [1.82, 2.24) is 0 Å². The van der Waals surface area contributed by atoms with Gasteiger partial charge in [0.25, 0.3) is 0 Å². The molecule has 0 heterocycles. The molecule has 0 saturated heterocycles. The Morgan fingerprint density at radius 1 is 1.56 bits per heavy atom. The van der Waals surface area contributed by atoms with Crippen LogP contribution in [0.4, 0.5) is 0 Å². The summed E-state index contributed by atoms with van der Waals surface area (Å²) < 4.78 is 0. The third-order valence-corrected chi connectivity index (χ3v) is 0.828. The molecule has 0 aromatic heterocycles. The molecule has 0 aliphatic carbocycles. The zero-order valence-electron chi connectivity index (χ0n) is 5.21. The first kappa shape index (κ1) is 8.17. The number of allylic oxidation sites excluding steroid dienone is 1. The Morgan fingerprint density at radius 2 is 2.22 bits per heavy atom. The summed E-state index contributed by atoms with van der Waals surface area (Å²) in [5.74, 6) is -0.767. The molecule has 3 nitrogen and oxygen atoms in total. The maximum atomic E-state index is 9.90. The Balaban J connectivity index is 3.09. The molecule has 3 heteroatoms.